The SMILES string of the molecule is COCCNC(=O)CCn1c(CCl)nc2cc(Cl)cnc21. The zero-order valence-electron chi connectivity index (χ0n) is 11.6. The van der Waals surface area contributed by atoms with E-state index in [1.54, 1.807) is 19.4 Å². The number of nitrogens with zero attached hydrogens (tertiary/aromatic N) is 3. The molecule has 2 aromatic heterocycles. The maximum absolute atomic E-state index is 11.7. The Kier molecular flexibility index (Phi) is 5.78. The number of alkyl halides is 1. The van der Waals surface area contributed by atoms with E-state index in [9.17, 15) is 4.79 Å². The topological polar surface area (TPSA) is 69.0 Å². The van der Waals surface area contributed by atoms with Crippen LogP contribution in [0.5, 0.6) is 0 Å². The van der Waals surface area contributed by atoms with Crippen LogP contribution in [0, 0.1) is 0 Å². The molecule has 0 unspecified atom stereocenters. The molecule has 8 heteroatoms. The minimum atomic E-state index is -0.0524. The third-order valence-electron chi connectivity index (χ3n) is 2.94. The molecule has 1 amide bonds. The molecule has 0 spiro atoms. The van der Waals surface area contributed by atoms with E-state index in [0.717, 1.165) is 0 Å². The molecule has 2 aromatic rings. The Labute approximate surface area is 132 Å². The molecular formula is C13H16Cl2N4O2. The predicted octanol–water partition coefficient (Wildman–Crippen LogP) is 1.98. The van der Waals surface area contributed by atoms with E-state index < -0.39 is 0 Å². The summed E-state index contributed by atoms with van der Waals surface area (Å²) in [7, 11) is 1.59. The van der Waals surface area contributed by atoms with Gasteiger partial charge in [-0.2, -0.15) is 0 Å². The van der Waals surface area contributed by atoms with Crippen molar-refractivity contribution in [3.8, 4) is 0 Å². The van der Waals surface area contributed by atoms with Gasteiger partial charge < -0.3 is 14.6 Å². The Morgan fingerprint density at radius 1 is 1.52 bits per heavy atom. The first kappa shape index (κ1) is 16.0. The second kappa shape index (κ2) is 7.59. The van der Waals surface area contributed by atoms with Gasteiger partial charge in [0.15, 0.2) is 5.65 Å². The summed E-state index contributed by atoms with van der Waals surface area (Å²) in [6, 6.07) is 1.73. The van der Waals surface area contributed by atoms with Gasteiger partial charge in [-0.05, 0) is 6.07 Å². The maximum Gasteiger partial charge on any atom is 0.221 e. The fourth-order valence-corrected chi connectivity index (χ4v) is 2.32. The third-order valence-corrected chi connectivity index (χ3v) is 3.39. The summed E-state index contributed by atoms with van der Waals surface area (Å²) in [6.07, 6.45) is 1.88. The average molecular weight is 331 g/mol. The minimum absolute atomic E-state index is 0.0524. The van der Waals surface area contributed by atoms with Crippen molar-refractivity contribution in [1.29, 1.82) is 0 Å². The van der Waals surface area contributed by atoms with Crippen molar-refractivity contribution in [1.82, 2.24) is 19.9 Å². The Morgan fingerprint density at radius 3 is 3.05 bits per heavy atom. The number of ether oxygens (including phenoxy) is 1. The number of aryl methyl sites for hydroxylation is 1. The molecule has 0 aliphatic rings. The predicted molar refractivity (Wildman–Crippen MR) is 81.6 cm³/mol. The number of pyridine rings is 1. The summed E-state index contributed by atoms with van der Waals surface area (Å²) < 4.78 is 6.72. The van der Waals surface area contributed by atoms with E-state index in [2.05, 4.69) is 15.3 Å². The summed E-state index contributed by atoms with van der Waals surface area (Å²) in [5.41, 5.74) is 1.36. The molecule has 0 saturated heterocycles. The normalized spacial score (nSPS) is 11.0. The summed E-state index contributed by atoms with van der Waals surface area (Å²) in [5, 5.41) is 3.29. The first-order valence-corrected chi connectivity index (χ1v) is 7.39. The van der Waals surface area contributed by atoms with Crippen LogP contribution in [0.15, 0.2) is 12.3 Å². The summed E-state index contributed by atoms with van der Waals surface area (Å²) in [6.45, 7) is 1.45. The zero-order chi connectivity index (χ0) is 15.2. The van der Waals surface area contributed by atoms with E-state index in [0.29, 0.717) is 48.1 Å². The number of hydrogen-bond donors (Lipinski definition) is 1. The molecule has 0 aliphatic carbocycles. The van der Waals surface area contributed by atoms with E-state index >= 15 is 0 Å². The second-order valence-electron chi connectivity index (χ2n) is 4.40. The van der Waals surface area contributed by atoms with Crippen molar-refractivity contribution in [2.75, 3.05) is 20.3 Å². The highest BCUT2D eigenvalue weighted by molar-refractivity contribution is 6.31. The van der Waals surface area contributed by atoms with Gasteiger partial charge in [0.1, 0.15) is 11.3 Å². The molecule has 0 bridgehead atoms. The molecule has 6 nitrogen and oxygen atoms in total. The molecule has 2 heterocycles. The molecule has 114 valence electrons. The number of nitrogens with one attached hydrogen (secondary N) is 1. The van der Waals surface area contributed by atoms with Gasteiger partial charge in [-0.25, -0.2) is 9.97 Å². The van der Waals surface area contributed by atoms with Crippen molar-refractivity contribution in [3.05, 3.63) is 23.1 Å². The van der Waals surface area contributed by atoms with Crippen molar-refractivity contribution in [2.45, 2.75) is 18.8 Å². The van der Waals surface area contributed by atoms with E-state index in [4.69, 9.17) is 27.9 Å². The highest BCUT2D eigenvalue weighted by Crippen LogP contribution is 2.19. The minimum Gasteiger partial charge on any atom is -0.383 e. The van der Waals surface area contributed by atoms with Gasteiger partial charge in [0.2, 0.25) is 5.91 Å². The molecule has 0 aliphatic heterocycles. The Bertz CT molecular complexity index is 630. The van der Waals surface area contributed by atoms with Gasteiger partial charge in [-0.1, -0.05) is 11.6 Å². The van der Waals surface area contributed by atoms with Crippen molar-refractivity contribution >= 4 is 40.3 Å². The summed E-state index contributed by atoms with van der Waals surface area (Å²) >= 11 is 11.8. The lowest BCUT2D eigenvalue weighted by molar-refractivity contribution is -0.121. The molecule has 0 atom stereocenters. The van der Waals surface area contributed by atoms with E-state index in [-0.39, 0.29) is 11.8 Å². The fraction of sp³-hybridized carbons (Fsp3) is 0.462. The number of halogens is 2. The lowest BCUT2D eigenvalue weighted by Crippen LogP contribution is -2.27. The first-order chi connectivity index (χ1) is 10.2. The Balaban J connectivity index is 2.08. The van der Waals surface area contributed by atoms with Crippen molar-refractivity contribution in [3.63, 3.8) is 0 Å². The number of carbonyl (C=O) groups excluding carboxylic acids is 1. The van der Waals surface area contributed by atoms with Crippen LogP contribution in [-0.2, 0) is 22.0 Å². The molecule has 0 radical (unpaired) electrons. The molecule has 0 fully saturated rings. The molecule has 1 N–H and O–H groups in total. The Hall–Kier alpha value is -1.37. The third kappa shape index (κ3) is 4.06. The van der Waals surface area contributed by atoms with Crippen LogP contribution in [0.25, 0.3) is 11.2 Å². The van der Waals surface area contributed by atoms with Crippen LogP contribution in [0.1, 0.15) is 12.2 Å². The Morgan fingerprint density at radius 2 is 2.33 bits per heavy atom. The fourth-order valence-electron chi connectivity index (χ4n) is 1.96. The van der Waals surface area contributed by atoms with Crippen LogP contribution in [-0.4, -0.2) is 40.7 Å². The number of amides is 1. The lowest BCUT2D eigenvalue weighted by Gasteiger charge is -2.08. The molecule has 2 rings (SSSR count). The van der Waals surface area contributed by atoms with Crippen LogP contribution in [0.3, 0.4) is 0 Å². The summed E-state index contributed by atoms with van der Waals surface area (Å²) in [5.74, 6) is 0.869. The van der Waals surface area contributed by atoms with Gasteiger partial charge >= 0.3 is 0 Å². The largest absolute Gasteiger partial charge is 0.383 e. The van der Waals surface area contributed by atoms with E-state index in [1.165, 1.54) is 0 Å². The smallest absolute Gasteiger partial charge is 0.221 e. The molecule has 21 heavy (non-hydrogen) atoms. The highest BCUT2D eigenvalue weighted by atomic mass is 35.5. The van der Waals surface area contributed by atoms with Crippen molar-refractivity contribution < 1.29 is 9.53 Å². The van der Waals surface area contributed by atoms with Gasteiger partial charge in [0, 0.05) is 32.8 Å². The number of carbonyl (C=O) groups is 1. The number of rotatable bonds is 7. The van der Waals surface area contributed by atoms with Gasteiger partial charge in [-0.15, -0.1) is 11.6 Å². The monoisotopic (exact) mass is 330 g/mol. The summed E-state index contributed by atoms with van der Waals surface area (Å²) in [4.78, 5) is 20.4. The zero-order valence-corrected chi connectivity index (χ0v) is 13.1. The van der Waals surface area contributed by atoms with Crippen LogP contribution in [0.2, 0.25) is 5.02 Å². The van der Waals surface area contributed by atoms with E-state index in [1.807, 2.05) is 4.57 Å². The van der Waals surface area contributed by atoms with Crippen LogP contribution < -0.4 is 5.32 Å². The number of aromatic nitrogens is 3. The average Bonchev–Trinajstić information content (AvgIpc) is 2.82. The van der Waals surface area contributed by atoms with Gasteiger partial charge in [0.05, 0.1) is 17.5 Å². The van der Waals surface area contributed by atoms with Gasteiger partial charge in [0.25, 0.3) is 0 Å². The highest BCUT2D eigenvalue weighted by Gasteiger charge is 2.12. The number of hydrogen-bond acceptors (Lipinski definition) is 4. The van der Waals surface area contributed by atoms with Crippen LogP contribution in [0.4, 0.5) is 0 Å². The number of fused-ring (bicyclic) bond motifs is 1. The quantitative estimate of drug-likeness (QED) is 0.622. The molecule has 0 aromatic carbocycles. The maximum atomic E-state index is 11.7. The van der Waals surface area contributed by atoms with Gasteiger partial charge in [-0.3, -0.25) is 4.79 Å². The number of imidazole rings is 1. The lowest BCUT2D eigenvalue weighted by atomic mass is 10.3. The molecular weight excluding hydrogens is 315 g/mol. The van der Waals surface area contributed by atoms with Crippen LogP contribution >= 0.6 is 23.2 Å². The van der Waals surface area contributed by atoms with Crippen molar-refractivity contribution in [2.24, 2.45) is 0 Å². The first-order valence-electron chi connectivity index (χ1n) is 6.48. The standard InChI is InChI=1S/C13H16Cl2N4O2/c1-21-5-3-16-12(20)2-4-19-11(7-14)18-10-6-9(15)8-17-13(10)19/h6,8H,2-5,7H2,1H3,(H,16,20). The number of methoxy groups -OCH3 is 1. The second-order valence-corrected chi connectivity index (χ2v) is 5.11. The molecule has 0 saturated carbocycles.